The number of hydrogen-bond donors (Lipinski definition) is 2. The van der Waals surface area contributed by atoms with Gasteiger partial charge < -0.3 is 10.4 Å². The lowest BCUT2D eigenvalue weighted by Gasteiger charge is -2.08. The fourth-order valence-corrected chi connectivity index (χ4v) is 1.93. The SMILES string of the molecule is CC.O=[N+]([O-])c1c(NCO)c2ccncc2n2nnnc12. The Hall–Kier alpha value is -2.88. The predicted octanol–water partition coefficient (Wildman–Crippen LogP) is 0.969. The summed E-state index contributed by atoms with van der Waals surface area (Å²) >= 11 is 0. The van der Waals surface area contributed by atoms with E-state index < -0.39 is 11.7 Å². The topological polar surface area (TPSA) is 131 Å². The minimum Gasteiger partial charge on any atom is -0.377 e. The van der Waals surface area contributed by atoms with E-state index in [0.717, 1.165) is 0 Å². The van der Waals surface area contributed by atoms with Crippen LogP contribution in [0.5, 0.6) is 0 Å². The number of hydrogen-bond acceptors (Lipinski definition) is 8. The molecule has 21 heavy (non-hydrogen) atoms. The van der Waals surface area contributed by atoms with E-state index in [1.54, 1.807) is 6.07 Å². The zero-order chi connectivity index (χ0) is 15.4. The molecular formula is C11H13N7O3. The highest BCUT2D eigenvalue weighted by atomic mass is 16.6. The largest absolute Gasteiger partial charge is 0.377 e. The van der Waals surface area contributed by atoms with E-state index in [1.165, 1.54) is 16.9 Å². The standard InChI is InChI=1S/C9H7N7O3.C2H6/c17-4-11-7-5-1-2-10-3-6(5)15-9(12-13-14-15)8(7)16(18)19;1-2/h1-3,11,17H,4H2;1-2H3. The second kappa shape index (κ2) is 6.05. The lowest BCUT2D eigenvalue weighted by atomic mass is 10.2. The number of tetrazole rings is 1. The van der Waals surface area contributed by atoms with E-state index in [2.05, 4.69) is 25.8 Å². The molecule has 0 atom stereocenters. The van der Waals surface area contributed by atoms with E-state index in [-0.39, 0.29) is 17.0 Å². The molecule has 0 fully saturated rings. The van der Waals surface area contributed by atoms with E-state index in [4.69, 9.17) is 5.11 Å². The van der Waals surface area contributed by atoms with E-state index in [1.807, 2.05) is 13.8 Å². The van der Waals surface area contributed by atoms with Crippen LogP contribution in [0, 0.1) is 10.1 Å². The highest BCUT2D eigenvalue weighted by Crippen LogP contribution is 2.35. The summed E-state index contributed by atoms with van der Waals surface area (Å²) < 4.78 is 1.24. The van der Waals surface area contributed by atoms with Gasteiger partial charge in [-0.15, -0.1) is 5.10 Å². The Morgan fingerprint density at radius 2 is 2.24 bits per heavy atom. The first-order chi connectivity index (χ1) is 10.2. The summed E-state index contributed by atoms with van der Waals surface area (Å²) in [6, 6.07) is 1.58. The van der Waals surface area contributed by atoms with Gasteiger partial charge in [0.15, 0.2) is 0 Å². The van der Waals surface area contributed by atoms with Crippen molar-refractivity contribution in [2.75, 3.05) is 12.0 Å². The molecule has 0 amide bonds. The van der Waals surface area contributed by atoms with Crippen molar-refractivity contribution in [3.63, 3.8) is 0 Å². The minimum atomic E-state index is -0.594. The molecule has 2 N–H and O–H groups in total. The van der Waals surface area contributed by atoms with Gasteiger partial charge in [0.2, 0.25) is 0 Å². The second-order valence-electron chi connectivity index (χ2n) is 3.62. The highest BCUT2D eigenvalue weighted by molar-refractivity contribution is 6.00. The summed E-state index contributed by atoms with van der Waals surface area (Å²) in [4.78, 5) is 14.6. The van der Waals surface area contributed by atoms with Crippen molar-refractivity contribution in [1.29, 1.82) is 0 Å². The average Bonchev–Trinajstić information content (AvgIpc) is 2.98. The second-order valence-corrected chi connectivity index (χ2v) is 3.62. The van der Waals surface area contributed by atoms with Gasteiger partial charge in [-0.25, -0.2) is 0 Å². The van der Waals surface area contributed by atoms with Crippen molar-refractivity contribution in [3.05, 3.63) is 28.6 Å². The summed E-state index contributed by atoms with van der Waals surface area (Å²) in [5, 5.41) is 34.1. The molecule has 3 rings (SSSR count). The lowest BCUT2D eigenvalue weighted by molar-refractivity contribution is -0.382. The van der Waals surface area contributed by atoms with Crippen molar-refractivity contribution in [2.24, 2.45) is 0 Å². The highest BCUT2D eigenvalue weighted by Gasteiger charge is 2.25. The lowest BCUT2D eigenvalue weighted by Crippen LogP contribution is -2.07. The van der Waals surface area contributed by atoms with Gasteiger partial charge in [-0.2, -0.15) is 4.52 Å². The Kier molecular flexibility index (Phi) is 4.18. The van der Waals surface area contributed by atoms with Crippen LogP contribution in [-0.2, 0) is 0 Å². The monoisotopic (exact) mass is 291 g/mol. The summed E-state index contributed by atoms with van der Waals surface area (Å²) in [5.41, 5.74) is 0.357. The molecule has 10 heteroatoms. The van der Waals surface area contributed by atoms with Crippen molar-refractivity contribution in [2.45, 2.75) is 13.8 Å². The van der Waals surface area contributed by atoms with Gasteiger partial charge in [-0.1, -0.05) is 13.8 Å². The molecule has 0 saturated heterocycles. The molecular weight excluding hydrogens is 278 g/mol. The van der Waals surface area contributed by atoms with E-state index in [9.17, 15) is 10.1 Å². The summed E-state index contributed by atoms with van der Waals surface area (Å²) in [6.45, 7) is 3.55. The van der Waals surface area contributed by atoms with Crippen LogP contribution in [0.3, 0.4) is 0 Å². The summed E-state index contributed by atoms with van der Waals surface area (Å²) in [7, 11) is 0. The number of aromatic nitrogens is 5. The van der Waals surface area contributed by atoms with Crippen LogP contribution >= 0.6 is 0 Å². The van der Waals surface area contributed by atoms with Gasteiger partial charge in [0.25, 0.3) is 5.65 Å². The quantitative estimate of drug-likeness (QED) is 0.414. The fourth-order valence-electron chi connectivity index (χ4n) is 1.93. The first-order valence-corrected chi connectivity index (χ1v) is 6.21. The van der Waals surface area contributed by atoms with Crippen molar-refractivity contribution in [1.82, 2.24) is 25.0 Å². The predicted molar refractivity (Wildman–Crippen MR) is 74.8 cm³/mol. The van der Waals surface area contributed by atoms with Crippen LogP contribution in [0.1, 0.15) is 13.8 Å². The number of nitro groups is 1. The Morgan fingerprint density at radius 1 is 1.48 bits per heavy atom. The fraction of sp³-hybridized carbons (Fsp3) is 0.273. The first-order valence-electron chi connectivity index (χ1n) is 6.21. The molecule has 110 valence electrons. The third-order valence-corrected chi connectivity index (χ3v) is 2.65. The maximum atomic E-state index is 11.2. The molecule has 0 aliphatic heterocycles. The Morgan fingerprint density at radius 3 is 2.90 bits per heavy atom. The molecule has 0 radical (unpaired) electrons. The average molecular weight is 291 g/mol. The molecule has 0 aliphatic carbocycles. The molecule has 0 saturated carbocycles. The zero-order valence-corrected chi connectivity index (χ0v) is 11.4. The van der Waals surface area contributed by atoms with E-state index >= 15 is 0 Å². The number of aliphatic hydroxyl groups excluding tert-OH is 1. The number of rotatable bonds is 3. The van der Waals surface area contributed by atoms with Gasteiger partial charge in [0.1, 0.15) is 12.4 Å². The minimum absolute atomic E-state index is 0.0125. The van der Waals surface area contributed by atoms with Crippen molar-refractivity contribution >= 4 is 27.9 Å². The molecule has 0 spiro atoms. The molecule has 3 aromatic rings. The third-order valence-electron chi connectivity index (χ3n) is 2.65. The Labute approximate surface area is 118 Å². The van der Waals surface area contributed by atoms with Crippen LogP contribution in [0.4, 0.5) is 11.4 Å². The van der Waals surface area contributed by atoms with Crippen LogP contribution in [0.15, 0.2) is 18.5 Å². The van der Waals surface area contributed by atoms with Gasteiger partial charge in [0.05, 0.1) is 16.6 Å². The summed E-state index contributed by atoms with van der Waals surface area (Å²) in [5.74, 6) is 0. The van der Waals surface area contributed by atoms with Crippen LogP contribution in [0.2, 0.25) is 0 Å². The van der Waals surface area contributed by atoms with Gasteiger partial charge in [-0.3, -0.25) is 15.1 Å². The maximum Gasteiger partial charge on any atom is 0.339 e. The first kappa shape index (κ1) is 14.5. The van der Waals surface area contributed by atoms with Gasteiger partial charge >= 0.3 is 5.69 Å². The summed E-state index contributed by atoms with van der Waals surface area (Å²) in [6.07, 6.45) is 2.98. The Balaban J connectivity index is 0.000000774. The number of aliphatic hydroxyl groups is 1. The van der Waals surface area contributed by atoms with Crippen LogP contribution < -0.4 is 5.32 Å². The van der Waals surface area contributed by atoms with Crippen molar-refractivity contribution in [3.8, 4) is 0 Å². The number of anilines is 1. The van der Waals surface area contributed by atoms with Gasteiger partial charge in [-0.05, 0) is 16.5 Å². The van der Waals surface area contributed by atoms with Crippen LogP contribution in [-0.4, -0.2) is 41.8 Å². The molecule has 0 unspecified atom stereocenters. The molecule has 0 aromatic carbocycles. The number of fused-ring (bicyclic) bond motifs is 3. The smallest absolute Gasteiger partial charge is 0.339 e. The third kappa shape index (κ3) is 2.31. The normalized spacial score (nSPS) is 10.2. The number of nitrogens with one attached hydrogen (secondary N) is 1. The molecule has 0 aliphatic rings. The molecule has 3 heterocycles. The van der Waals surface area contributed by atoms with E-state index in [0.29, 0.717) is 10.9 Å². The van der Waals surface area contributed by atoms with Gasteiger partial charge in [0, 0.05) is 11.6 Å². The number of pyridine rings is 2. The molecule has 3 aromatic heterocycles. The maximum absolute atomic E-state index is 11.2. The molecule has 10 nitrogen and oxygen atoms in total. The van der Waals surface area contributed by atoms with Crippen LogP contribution in [0.25, 0.3) is 16.6 Å². The molecule has 0 bridgehead atoms. The zero-order valence-electron chi connectivity index (χ0n) is 11.4. The number of nitrogens with zero attached hydrogens (tertiary/aromatic N) is 6. The van der Waals surface area contributed by atoms with Crippen molar-refractivity contribution < 1.29 is 10.0 Å². The Bertz CT molecular complexity index is 786.